The summed E-state index contributed by atoms with van der Waals surface area (Å²) < 4.78 is 14.1. The number of likely N-dealkylation sites (tertiary alicyclic amines) is 1. The molecule has 1 N–H and O–H groups in total. The van der Waals surface area contributed by atoms with Crippen LogP contribution in [0.2, 0.25) is 0 Å². The zero-order valence-electron chi connectivity index (χ0n) is 12.6. The first-order valence-corrected chi connectivity index (χ1v) is 7.34. The van der Waals surface area contributed by atoms with Crippen LogP contribution >= 0.6 is 0 Å². The van der Waals surface area contributed by atoms with Gasteiger partial charge in [-0.3, -0.25) is 0 Å². The van der Waals surface area contributed by atoms with Gasteiger partial charge in [0.05, 0.1) is 11.8 Å². The highest BCUT2D eigenvalue weighted by atomic mass is 19.1. The van der Waals surface area contributed by atoms with Crippen LogP contribution in [0.15, 0.2) is 18.2 Å². The Morgan fingerprint density at radius 1 is 1.40 bits per heavy atom. The summed E-state index contributed by atoms with van der Waals surface area (Å²) in [6.45, 7) is 4.79. The third-order valence-corrected chi connectivity index (χ3v) is 4.24. The SMILES string of the molecule is C[C@@H](O)c1ccc(N(C)CC2CCN(C)CC2)c(F)c1. The summed E-state index contributed by atoms with van der Waals surface area (Å²) in [5.74, 6) is 0.380. The smallest absolute Gasteiger partial charge is 0.146 e. The highest BCUT2D eigenvalue weighted by Gasteiger charge is 2.19. The van der Waals surface area contributed by atoms with Crippen LogP contribution in [-0.4, -0.2) is 43.7 Å². The summed E-state index contributed by atoms with van der Waals surface area (Å²) in [5, 5.41) is 9.48. The van der Waals surface area contributed by atoms with Crippen molar-refractivity contribution < 1.29 is 9.50 Å². The van der Waals surface area contributed by atoms with Crippen molar-refractivity contribution >= 4 is 5.69 Å². The second-order valence-electron chi connectivity index (χ2n) is 6.01. The van der Waals surface area contributed by atoms with Crippen LogP contribution in [0.1, 0.15) is 31.4 Å². The molecule has 0 amide bonds. The molecule has 1 aromatic carbocycles. The quantitative estimate of drug-likeness (QED) is 0.918. The molecule has 1 aromatic rings. The molecule has 0 radical (unpaired) electrons. The highest BCUT2D eigenvalue weighted by Crippen LogP contribution is 2.25. The van der Waals surface area contributed by atoms with Gasteiger partial charge < -0.3 is 14.9 Å². The van der Waals surface area contributed by atoms with E-state index in [9.17, 15) is 9.50 Å². The molecule has 1 aliphatic heterocycles. The van der Waals surface area contributed by atoms with Gasteiger partial charge in [0.2, 0.25) is 0 Å². The van der Waals surface area contributed by atoms with Crippen molar-refractivity contribution in [2.24, 2.45) is 5.92 Å². The van der Waals surface area contributed by atoms with Gasteiger partial charge in [-0.05, 0) is 63.5 Å². The average molecular weight is 280 g/mol. The number of nitrogens with zero attached hydrogens (tertiary/aromatic N) is 2. The second-order valence-corrected chi connectivity index (χ2v) is 6.01. The van der Waals surface area contributed by atoms with Crippen LogP contribution in [0, 0.1) is 11.7 Å². The van der Waals surface area contributed by atoms with E-state index in [1.807, 2.05) is 11.9 Å². The predicted molar refractivity (Wildman–Crippen MR) is 80.5 cm³/mol. The molecule has 0 spiro atoms. The van der Waals surface area contributed by atoms with Crippen molar-refractivity contribution in [3.8, 4) is 0 Å². The predicted octanol–water partition coefficient (Wildman–Crippen LogP) is 2.66. The van der Waals surface area contributed by atoms with Crippen molar-refractivity contribution in [1.82, 2.24) is 4.90 Å². The Bertz CT molecular complexity index is 442. The largest absolute Gasteiger partial charge is 0.389 e. The molecule has 1 atom stereocenters. The molecule has 3 nitrogen and oxygen atoms in total. The molecule has 4 heteroatoms. The van der Waals surface area contributed by atoms with Crippen LogP contribution in [0.3, 0.4) is 0 Å². The summed E-state index contributed by atoms with van der Waals surface area (Å²) in [7, 11) is 4.09. The summed E-state index contributed by atoms with van der Waals surface area (Å²) >= 11 is 0. The van der Waals surface area contributed by atoms with Crippen LogP contribution in [0.5, 0.6) is 0 Å². The van der Waals surface area contributed by atoms with Gasteiger partial charge in [0, 0.05) is 13.6 Å². The number of anilines is 1. The molecule has 1 saturated heterocycles. The topological polar surface area (TPSA) is 26.7 Å². The van der Waals surface area contributed by atoms with E-state index in [1.54, 1.807) is 19.1 Å². The molecule has 0 aliphatic carbocycles. The number of aliphatic hydroxyl groups is 1. The lowest BCUT2D eigenvalue weighted by molar-refractivity contribution is 0.199. The van der Waals surface area contributed by atoms with Gasteiger partial charge in [0.1, 0.15) is 5.82 Å². The van der Waals surface area contributed by atoms with Crippen LogP contribution in [0.25, 0.3) is 0 Å². The van der Waals surface area contributed by atoms with Crippen molar-refractivity contribution in [3.05, 3.63) is 29.6 Å². The van der Waals surface area contributed by atoms with E-state index in [0.717, 1.165) is 19.6 Å². The Hall–Kier alpha value is -1.13. The van der Waals surface area contributed by atoms with Gasteiger partial charge in [0.25, 0.3) is 0 Å². The number of hydrogen-bond donors (Lipinski definition) is 1. The maximum absolute atomic E-state index is 14.1. The van der Waals surface area contributed by atoms with Crippen molar-refractivity contribution in [1.29, 1.82) is 0 Å². The van der Waals surface area contributed by atoms with Crippen molar-refractivity contribution in [3.63, 3.8) is 0 Å². The third kappa shape index (κ3) is 3.70. The number of aliphatic hydroxyl groups excluding tert-OH is 1. The number of rotatable bonds is 4. The van der Waals surface area contributed by atoms with Gasteiger partial charge in [-0.1, -0.05) is 6.07 Å². The number of piperidine rings is 1. The minimum Gasteiger partial charge on any atom is -0.389 e. The molecule has 0 saturated carbocycles. The highest BCUT2D eigenvalue weighted by molar-refractivity contribution is 5.48. The average Bonchev–Trinajstić information content (AvgIpc) is 2.41. The lowest BCUT2D eigenvalue weighted by Crippen LogP contribution is -2.36. The summed E-state index contributed by atoms with van der Waals surface area (Å²) in [6, 6.07) is 5.01. The van der Waals surface area contributed by atoms with Gasteiger partial charge in [-0.25, -0.2) is 4.39 Å². The van der Waals surface area contributed by atoms with E-state index in [0.29, 0.717) is 17.2 Å². The lowest BCUT2D eigenvalue weighted by Gasteiger charge is -2.32. The van der Waals surface area contributed by atoms with Crippen LogP contribution < -0.4 is 4.90 Å². The molecule has 0 unspecified atom stereocenters. The molecule has 0 aromatic heterocycles. The molecular formula is C16H25FN2O. The van der Waals surface area contributed by atoms with E-state index in [2.05, 4.69) is 11.9 Å². The molecule has 1 heterocycles. The fourth-order valence-corrected chi connectivity index (χ4v) is 2.82. The number of hydrogen-bond acceptors (Lipinski definition) is 3. The van der Waals surface area contributed by atoms with E-state index < -0.39 is 6.10 Å². The van der Waals surface area contributed by atoms with Crippen molar-refractivity contribution in [2.75, 3.05) is 38.6 Å². The standard InChI is InChI=1S/C16H25FN2O/c1-12(20)14-4-5-16(15(17)10-14)19(3)11-13-6-8-18(2)9-7-13/h4-5,10,12-13,20H,6-9,11H2,1-3H3/t12-/m1/s1. The Balaban J connectivity index is 2.00. The molecule has 2 rings (SSSR count). The summed E-state index contributed by atoms with van der Waals surface area (Å²) in [5.41, 5.74) is 1.24. The Morgan fingerprint density at radius 3 is 2.60 bits per heavy atom. The molecule has 1 aliphatic rings. The molecule has 20 heavy (non-hydrogen) atoms. The fraction of sp³-hybridized carbons (Fsp3) is 0.625. The Labute approximate surface area is 121 Å². The Kier molecular flexibility index (Phi) is 5.00. The van der Waals surface area contributed by atoms with Gasteiger partial charge >= 0.3 is 0 Å². The van der Waals surface area contributed by atoms with E-state index >= 15 is 0 Å². The third-order valence-electron chi connectivity index (χ3n) is 4.24. The van der Waals surface area contributed by atoms with Crippen molar-refractivity contribution in [2.45, 2.75) is 25.9 Å². The van der Waals surface area contributed by atoms with Crippen LogP contribution in [-0.2, 0) is 0 Å². The van der Waals surface area contributed by atoms with E-state index in [-0.39, 0.29) is 5.82 Å². The van der Waals surface area contributed by atoms with Crippen LogP contribution in [0.4, 0.5) is 10.1 Å². The molecular weight excluding hydrogens is 255 g/mol. The zero-order valence-corrected chi connectivity index (χ0v) is 12.6. The summed E-state index contributed by atoms with van der Waals surface area (Å²) in [4.78, 5) is 4.34. The Morgan fingerprint density at radius 2 is 2.05 bits per heavy atom. The molecule has 1 fully saturated rings. The van der Waals surface area contributed by atoms with Gasteiger partial charge in [0.15, 0.2) is 0 Å². The fourth-order valence-electron chi connectivity index (χ4n) is 2.82. The zero-order chi connectivity index (χ0) is 14.7. The van der Waals surface area contributed by atoms with Gasteiger partial charge in [-0.15, -0.1) is 0 Å². The second kappa shape index (κ2) is 6.55. The first-order chi connectivity index (χ1) is 9.47. The molecule has 0 bridgehead atoms. The minimum atomic E-state index is -0.627. The first kappa shape index (κ1) is 15.3. The molecule has 112 valence electrons. The number of benzene rings is 1. The first-order valence-electron chi connectivity index (χ1n) is 7.34. The van der Waals surface area contributed by atoms with Gasteiger partial charge in [-0.2, -0.15) is 0 Å². The lowest BCUT2D eigenvalue weighted by atomic mass is 9.96. The summed E-state index contributed by atoms with van der Waals surface area (Å²) in [6.07, 6.45) is 1.72. The normalized spacial score (nSPS) is 19.1. The maximum Gasteiger partial charge on any atom is 0.146 e. The maximum atomic E-state index is 14.1. The van der Waals surface area contributed by atoms with E-state index in [1.165, 1.54) is 18.9 Å². The minimum absolute atomic E-state index is 0.251. The monoisotopic (exact) mass is 280 g/mol. The number of halogens is 1. The van der Waals surface area contributed by atoms with E-state index in [4.69, 9.17) is 0 Å².